The molecule has 0 unspecified atom stereocenters. The zero-order valence-corrected chi connectivity index (χ0v) is 15.5. The summed E-state index contributed by atoms with van der Waals surface area (Å²) in [7, 11) is -1.79. The van der Waals surface area contributed by atoms with Crippen LogP contribution in [0.2, 0.25) is 0 Å². The molecule has 0 saturated carbocycles. The molecule has 8 heteroatoms. The van der Waals surface area contributed by atoms with E-state index in [0.717, 1.165) is 0 Å². The van der Waals surface area contributed by atoms with E-state index in [2.05, 4.69) is 0 Å². The summed E-state index contributed by atoms with van der Waals surface area (Å²) in [4.78, 5) is 10.7. The van der Waals surface area contributed by atoms with Crippen LogP contribution in [0.3, 0.4) is 0 Å². The molecule has 2 rings (SSSR count). The smallest absolute Gasteiger partial charge is 0.786 e. The third-order valence-electron chi connectivity index (χ3n) is 1.83. The van der Waals surface area contributed by atoms with E-state index in [4.69, 9.17) is 18.1 Å². The van der Waals surface area contributed by atoms with Crippen molar-refractivity contribution in [3.8, 4) is 0 Å². The first-order valence-electron chi connectivity index (χ1n) is 3.52. The maximum atomic E-state index is 10.7. The van der Waals surface area contributed by atoms with Crippen molar-refractivity contribution in [2.24, 2.45) is 5.41 Å². The molecule has 0 radical (unpaired) electrons. The van der Waals surface area contributed by atoms with E-state index in [1.54, 1.807) is 0 Å². The van der Waals surface area contributed by atoms with Crippen molar-refractivity contribution >= 4 is 17.6 Å². The van der Waals surface area contributed by atoms with Crippen LogP contribution in [0.5, 0.6) is 0 Å². The molecule has 0 N–H and O–H groups in total. The van der Waals surface area contributed by atoms with Gasteiger partial charge in [0.1, 0.15) is 0 Å². The first-order chi connectivity index (χ1) is 5.81. The predicted octanol–water partition coefficient (Wildman–Crippen LogP) is -2.83. The van der Waals surface area contributed by atoms with Gasteiger partial charge in [0.2, 0.25) is 0 Å². The fraction of sp³-hybridized carbons (Fsp3) is 1.00. The van der Waals surface area contributed by atoms with Crippen molar-refractivity contribution in [2.45, 2.75) is 0 Å². The van der Waals surface area contributed by atoms with Crippen LogP contribution in [0.1, 0.15) is 0 Å². The van der Waals surface area contributed by atoms with Gasteiger partial charge in [-0.3, -0.25) is 0 Å². The molecule has 5 nitrogen and oxygen atoms in total. The Morgan fingerprint density at radius 3 is 2.15 bits per heavy atom. The van der Waals surface area contributed by atoms with Gasteiger partial charge in [0.25, 0.3) is 0 Å². The largest absolute Gasteiger partial charge is 1.00 e. The van der Waals surface area contributed by atoms with Gasteiger partial charge in [-0.2, -0.15) is 0 Å². The molecule has 0 atom stereocenters. The minimum absolute atomic E-state index is 0. The molecule has 0 amide bonds. The van der Waals surface area contributed by atoms with E-state index in [0.29, 0.717) is 26.4 Å². The summed E-state index contributed by atoms with van der Waals surface area (Å²) in [6.45, 7) is 1.92. The van der Waals surface area contributed by atoms with Gasteiger partial charge in [-0.15, -0.1) is 0 Å². The van der Waals surface area contributed by atoms with E-state index < -0.39 is 8.60 Å². The fourth-order valence-corrected chi connectivity index (χ4v) is 2.72. The van der Waals surface area contributed by atoms with Gasteiger partial charge in [0, 0.05) is 0 Å². The van der Waals surface area contributed by atoms with Crippen molar-refractivity contribution in [3.63, 3.8) is 0 Å². The molecule has 0 aliphatic carbocycles. The maximum Gasteiger partial charge on any atom is 1.00 e. The second-order valence-corrected chi connectivity index (χ2v) is 4.64. The Morgan fingerprint density at radius 1 is 1.08 bits per heavy atom. The van der Waals surface area contributed by atoms with Crippen LogP contribution >= 0.6 is 17.6 Å². The SMILES string of the molecule is [Cs+].[O-]P1OCC2(COPOC2)CO1. The van der Waals surface area contributed by atoms with Crippen molar-refractivity contribution < 1.29 is 91.9 Å². The average Bonchev–Trinajstić information content (AvgIpc) is 2.13. The van der Waals surface area contributed by atoms with Crippen LogP contribution < -0.4 is 73.8 Å². The van der Waals surface area contributed by atoms with E-state index >= 15 is 0 Å². The zero-order chi connectivity index (χ0) is 8.44. The van der Waals surface area contributed by atoms with Gasteiger partial charge in [-0.1, -0.05) is 0 Å². The molecule has 1 spiro atoms. The topological polar surface area (TPSA) is 60.0 Å². The van der Waals surface area contributed by atoms with Gasteiger partial charge in [0.15, 0.2) is 9.03 Å². The molecular weight excluding hydrogens is 335 g/mol. The number of rotatable bonds is 0. The van der Waals surface area contributed by atoms with E-state index in [9.17, 15) is 4.89 Å². The normalized spacial score (nSPS) is 41.8. The van der Waals surface area contributed by atoms with Gasteiger partial charge in [-0.25, -0.2) is 0 Å². The molecule has 0 bridgehead atoms. The van der Waals surface area contributed by atoms with E-state index in [1.807, 2.05) is 0 Å². The first kappa shape index (κ1) is 13.8. The fourth-order valence-electron chi connectivity index (χ4n) is 1.07. The van der Waals surface area contributed by atoms with Crippen LogP contribution in [0.25, 0.3) is 0 Å². The molecular formula is C5H9CsO5P2. The van der Waals surface area contributed by atoms with E-state index in [-0.39, 0.29) is 83.3 Å². The summed E-state index contributed by atoms with van der Waals surface area (Å²) in [6.07, 6.45) is 0. The Hall–Kier alpha value is 2.71. The summed E-state index contributed by atoms with van der Waals surface area (Å²) in [5.41, 5.74) is -0.228. The molecule has 2 saturated heterocycles. The van der Waals surface area contributed by atoms with Crippen LogP contribution in [-0.4, -0.2) is 26.4 Å². The number of hydrogen-bond donors (Lipinski definition) is 0. The minimum Gasteiger partial charge on any atom is -0.786 e. The minimum atomic E-state index is -1.90. The Morgan fingerprint density at radius 2 is 1.62 bits per heavy atom. The number of hydrogen-bond acceptors (Lipinski definition) is 5. The van der Waals surface area contributed by atoms with Gasteiger partial charge < -0.3 is 23.0 Å². The third-order valence-corrected chi connectivity index (χ3v) is 3.03. The van der Waals surface area contributed by atoms with Crippen molar-refractivity contribution in [2.75, 3.05) is 26.4 Å². The van der Waals surface area contributed by atoms with Crippen molar-refractivity contribution in [3.05, 3.63) is 0 Å². The average molecular weight is 344 g/mol. The Balaban J connectivity index is 0.000000845. The molecule has 2 fully saturated rings. The zero-order valence-electron chi connectivity index (χ0n) is 7.32. The van der Waals surface area contributed by atoms with E-state index in [1.165, 1.54) is 0 Å². The van der Waals surface area contributed by atoms with Crippen LogP contribution in [0, 0.1) is 5.41 Å². The monoisotopic (exact) mass is 344 g/mol. The first-order valence-corrected chi connectivity index (χ1v) is 5.44. The quantitative estimate of drug-likeness (QED) is 0.444. The van der Waals surface area contributed by atoms with Gasteiger partial charge in [0.05, 0.1) is 40.4 Å². The summed E-state index contributed by atoms with van der Waals surface area (Å²) in [5, 5.41) is 0. The predicted molar refractivity (Wildman–Crippen MR) is 41.5 cm³/mol. The van der Waals surface area contributed by atoms with Crippen molar-refractivity contribution in [1.82, 2.24) is 0 Å². The Labute approximate surface area is 139 Å². The maximum absolute atomic E-state index is 10.7. The third kappa shape index (κ3) is 3.89. The summed E-state index contributed by atoms with van der Waals surface area (Å²) >= 11 is 0. The molecule has 0 aromatic heterocycles. The molecule has 2 aliphatic heterocycles. The standard InChI is InChI=1S/C5H9O5P2.Cs/c6-12-9-3-5(4-10-12)1-7-11-8-2-5;/h11H,1-4H2;/q-1;+1. The second kappa shape index (κ2) is 6.45. The van der Waals surface area contributed by atoms with Crippen LogP contribution in [0.15, 0.2) is 0 Å². The Kier molecular flexibility index (Phi) is 6.83. The molecule has 2 heterocycles. The molecule has 13 heavy (non-hydrogen) atoms. The van der Waals surface area contributed by atoms with Crippen molar-refractivity contribution in [1.29, 1.82) is 0 Å². The van der Waals surface area contributed by atoms with Crippen LogP contribution in [-0.2, 0) is 18.1 Å². The summed E-state index contributed by atoms with van der Waals surface area (Å²) < 4.78 is 20.1. The van der Waals surface area contributed by atoms with Gasteiger partial charge >= 0.3 is 68.9 Å². The second-order valence-electron chi connectivity index (χ2n) is 2.93. The van der Waals surface area contributed by atoms with Gasteiger partial charge in [-0.05, 0) is 0 Å². The molecule has 0 aromatic rings. The molecule has 70 valence electrons. The summed E-state index contributed by atoms with van der Waals surface area (Å²) in [5.74, 6) is 0. The summed E-state index contributed by atoms with van der Waals surface area (Å²) in [6, 6.07) is 0. The molecule has 0 aromatic carbocycles. The van der Waals surface area contributed by atoms with Crippen LogP contribution in [0.4, 0.5) is 0 Å². The Bertz CT molecular complexity index is 155. The molecule has 2 aliphatic rings.